The summed E-state index contributed by atoms with van der Waals surface area (Å²) in [6.45, 7) is 6.70. The SMILES string of the molecule is Cc1nc(COCC[C@H]2CO[C@H]3CN(Cc4ccccc4F)C[C@@H]23)cs1. The van der Waals surface area contributed by atoms with E-state index in [2.05, 4.69) is 15.3 Å². The Balaban J connectivity index is 1.23. The molecule has 2 aliphatic rings. The van der Waals surface area contributed by atoms with E-state index < -0.39 is 0 Å². The van der Waals surface area contributed by atoms with Gasteiger partial charge in [0.15, 0.2) is 0 Å². The summed E-state index contributed by atoms with van der Waals surface area (Å²) in [7, 11) is 0. The van der Waals surface area contributed by atoms with E-state index in [0.717, 1.165) is 49.0 Å². The Bertz CT molecular complexity index is 738. The van der Waals surface area contributed by atoms with E-state index in [9.17, 15) is 4.39 Å². The molecule has 0 spiro atoms. The highest BCUT2D eigenvalue weighted by Gasteiger charge is 2.43. The third kappa shape index (κ3) is 4.14. The normalized spacial score (nSPS) is 25.7. The molecule has 1 aromatic heterocycles. The molecule has 0 aliphatic carbocycles. The summed E-state index contributed by atoms with van der Waals surface area (Å²) in [6, 6.07) is 7.04. The Kier molecular flexibility index (Phi) is 5.64. The number of likely N-dealkylation sites (tertiary alicyclic amines) is 1. The summed E-state index contributed by atoms with van der Waals surface area (Å²) in [4.78, 5) is 6.74. The van der Waals surface area contributed by atoms with Crippen molar-refractivity contribution in [2.24, 2.45) is 11.8 Å². The summed E-state index contributed by atoms with van der Waals surface area (Å²) < 4.78 is 25.7. The molecule has 140 valence electrons. The van der Waals surface area contributed by atoms with Crippen molar-refractivity contribution >= 4 is 11.3 Å². The van der Waals surface area contributed by atoms with Gasteiger partial charge < -0.3 is 9.47 Å². The predicted molar refractivity (Wildman–Crippen MR) is 99.5 cm³/mol. The Morgan fingerprint density at radius 1 is 1.35 bits per heavy atom. The van der Waals surface area contributed by atoms with E-state index in [4.69, 9.17) is 9.47 Å². The lowest BCUT2D eigenvalue weighted by atomic mass is 9.91. The van der Waals surface area contributed by atoms with Gasteiger partial charge in [0.05, 0.1) is 30.0 Å². The van der Waals surface area contributed by atoms with E-state index >= 15 is 0 Å². The maximum atomic E-state index is 13.9. The van der Waals surface area contributed by atoms with Gasteiger partial charge in [-0.2, -0.15) is 0 Å². The van der Waals surface area contributed by atoms with Gasteiger partial charge in [-0.15, -0.1) is 11.3 Å². The summed E-state index contributed by atoms with van der Waals surface area (Å²) in [5.74, 6) is 0.947. The van der Waals surface area contributed by atoms with Crippen molar-refractivity contribution < 1.29 is 13.9 Å². The lowest BCUT2D eigenvalue weighted by Crippen LogP contribution is -2.25. The smallest absolute Gasteiger partial charge is 0.127 e. The Morgan fingerprint density at radius 3 is 3.04 bits per heavy atom. The number of nitrogens with zero attached hydrogens (tertiary/aromatic N) is 2. The fourth-order valence-electron chi connectivity index (χ4n) is 4.06. The molecule has 0 unspecified atom stereocenters. The highest BCUT2D eigenvalue weighted by Crippen LogP contribution is 2.36. The number of aryl methyl sites for hydroxylation is 1. The molecule has 0 saturated carbocycles. The molecule has 6 heteroatoms. The first-order valence-corrected chi connectivity index (χ1v) is 10.1. The fraction of sp³-hybridized carbons (Fsp3) is 0.550. The molecule has 1 aromatic carbocycles. The molecule has 0 radical (unpaired) electrons. The number of thiazole rings is 1. The molecule has 2 fully saturated rings. The average molecular weight is 376 g/mol. The lowest BCUT2D eigenvalue weighted by Gasteiger charge is -2.20. The van der Waals surface area contributed by atoms with Crippen molar-refractivity contribution in [2.75, 3.05) is 26.3 Å². The maximum Gasteiger partial charge on any atom is 0.127 e. The third-order valence-electron chi connectivity index (χ3n) is 5.42. The van der Waals surface area contributed by atoms with Crippen LogP contribution in [0.2, 0.25) is 0 Å². The van der Waals surface area contributed by atoms with Crippen molar-refractivity contribution in [1.82, 2.24) is 9.88 Å². The summed E-state index contributed by atoms with van der Waals surface area (Å²) >= 11 is 1.66. The number of benzene rings is 1. The Morgan fingerprint density at radius 2 is 2.23 bits per heavy atom. The Labute approximate surface area is 158 Å². The minimum Gasteiger partial charge on any atom is -0.376 e. The molecule has 0 N–H and O–H groups in total. The van der Waals surface area contributed by atoms with Crippen molar-refractivity contribution in [3.63, 3.8) is 0 Å². The van der Waals surface area contributed by atoms with Crippen LogP contribution < -0.4 is 0 Å². The van der Waals surface area contributed by atoms with Crippen LogP contribution in [-0.4, -0.2) is 42.3 Å². The molecule has 26 heavy (non-hydrogen) atoms. The highest BCUT2D eigenvalue weighted by molar-refractivity contribution is 7.09. The van der Waals surface area contributed by atoms with Gasteiger partial charge in [0.25, 0.3) is 0 Å². The highest BCUT2D eigenvalue weighted by atomic mass is 32.1. The average Bonchev–Trinajstić information content (AvgIpc) is 3.31. The number of hydrogen-bond donors (Lipinski definition) is 0. The molecule has 2 aliphatic heterocycles. The Hall–Kier alpha value is -1.34. The molecule has 4 nitrogen and oxygen atoms in total. The van der Waals surface area contributed by atoms with E-state index in [-0.39, 0.29) is 11.9 Å². The van der Waals surface area contributed by atoms with E-state index in [1.807, 2.05) is 19.1 Å². The van der Waals surface area contributed by atoms with Crippen LogP contribution in [-0.2, 0) is 22.6 Å². The summed E-state index contributed by atoms with van der Waals surface area (Å²) in [6.07, 6.45) is 1.30. The van der Waals surface area contributed by atoms with Crippen LogP contribution in [0.5, 0.6) is 0 Å². The van der Waals surface area contributed by atoms with Crippen LogP contribution >= 0.6 is 11.3 Å². The summed E-state index contributed by atoms with van der Waals surface area (Å²) in [5.41, 5.74) is 1.79. The second-order valence-corrected chi connectivity index (χ2v) is 8.34. The third-order valence-corrected chi connectivity index (χ3v) is 6.24. The van der Waals surface area contributed by atoms with E-state index in [0.29, 0.717) is 25.0 Å². The van der Waals surface area contributed by atoms with Crippen molar-refractivity contribution in [3.05, 3.63) is 51.7 Å². The summed E-state index contributed by atoms with van der Waals surface area (Å²) in [5, 5.41) is 3.14. The predicted octanol–water partition coefficient (Wildman–Crippen LogP) is 3.64. The van der Waals surface area contributed by atoms with Gasteiger partial charge in [-0.25, -0.2) is 9.37 Å². The molecule has 2 aromatic rings. The monoisotopic (exact) mass is 376 g/mol. The lowest BCUT2D eigenvalue weighted by molar-refractivity contribution is 0.0810. The number of fused-ring (bicyclic) bond motifs is 1. The van der Waals surface area contributed by atoms with Gasteiger partial charge in [0.1, 0.15) is 5.82 Å². The topological polar surface area (TPSA) is 34.6 Å². The second-order valence-electron chi connectivity index (χ2n) is 7.28. The quantitative estimate of drug-likeness (QED) is 0.691. The standard InChI is InChI=1S/C20H25FN2O2S/c1-14-22-17(13-26-14)12-24-7-6-16-11-25-20-10-23(9-18(16)20)8-15-4-2-3-5-19(15)21/h2-5,13,16,18,20H,6-12H2,1H3/t16-,18-,20-/m0/s1. The van der Waals surface area contributed by atoms with Crippen LogP contribution in [0.25, 0.3) is 0 Å². The zero-order chi connectivity index (χ0) is 17.9. The van der Waals surface area contributed by atoms with E-state index in [1.54, 1.807) is 17.4 Å². The van der Waals surface area contributed by atoms with Gasteiger partial charge in [0.2, 0.25) is 0 Å². The van der Waals surface area contributed by atoms with Crippen LogP contribution in [0, 0.1) is 24.6 Å². The first-order chi connectivity index (χ1) is 12.7. The fourth-order valence-corrected chi connectivity index (χ4v) is 4.66. The zero-order valence-electron chi connectivity index (χ0n) is 15.1. The van der Waals surface area contributed by atoms with Gasteiger partial charge in [-0.1, -0.05) is 18.2 Å². The van der Waals surface area contributed by atoms with Crippen LogP contribution in [0.3, 0.4) is 0 Å². The van der Waals surface area contributed by atoms with Gasteiger partial charge in [0, 0.05) is 43.1 Å². The second kappa shape index (κ2) is 8.13. The number of hydrogen-bond acceptors (Lipinski definition) is 5. The number of rotatable bonds is 7. The minimum atomic E-state index is -0.118. The van der Waals surface area contributed by atoms with Gasteiger partial charge in [-0.3, -0.25) is 4.90 Å². The molecule has 4 rings (SSSR count). The van der Waals surface area contributed by atoms with Crippen LogP contribution in [0.15, 0.2) is 29.6 Å². The molecular formula is C20H25FN2O2S. The largest absolute Gasteiger partial charge is 0.376 e. The van der Waals surface area contributed by atoms with Gasteiger partial charge >= 0.3 is 0 Å². The maximum absolute atomic E-state index is 13.9. The number of ether oxygens (including phenoxy) is 2. The van der Waals surface area contributed by atoms with Gasteiger partial charge in [-0.05, 0) is 25.3 Å². The van der Waals surface area contributed by atoms with Crippen molar-refractivity contribution in [3.8, 4) is 0 Å². The molecule has 3 heterocycles. The number of aromatic nitrogens is 1. The van der Waals surface area contributed by atoms with Crippen LogP contribution in [0.4, 0.5) is 4.39 Å². The molecule has 0 amide bonds. The van der Waals surface area contributed by atoms with Crippen molar-refractivity contribution in [2.45, 2.75) is 32.6 Å². The first-order valence-electron chi connectivity index (χ1n) is 9.25. The molecule has 0 bridgehead atoms. The minimum absolute atomic E-state index is 0.118. The van der Waals surface area contributed by atoms with Crippen molar-refractivity contribution in [1.29, 1.82) is 0 Å². The number of halogens is 1. The molecule has 2 saturated heterocycles. The zero-order valence-corrected chi connectivity index (χ0v) is 15.9. The molecular weight excluding hydrogens is 351 g/mol. The first kappa shape index (κ1) is 18.0. The molecule has 3 atom stereocenters. The van der Waals surface area contributed by atoms with E-state index in [1.165, 1.54) is 6.07 Å². The van der Waals surface area contributed by atoms with Crippen LogP contribution in [0.1, 0.15) is 22.7 Å².